The van der Waals surface area contributed by atoms with Crippen molar-refractivity contribution in [2.45, 2.75) is 30.6 Å². The SMILES string of the molecule is CNC(=O)C(=NOC)c1ccccc1COc1ncc(C(OS(=O)(=O)c2ccc(C)cc2)C(O)c2ccccc2)cc1Cl. The molecule has 2 atom stereocenters. The van der Waals surface area contributed by atoms with Crippen LogP contribution in [0, 0.1) is 6.92 Å². The average molecular weight is 624 g/mol. The van der Waals surface area contributed by atoms with E-state index in [4.69, 9.17) is 25.4 Å². The molecule has 0 saturated carbocycles. The van der Waals surface area contributed by atoms with Gasteiger partial charge >= 0.3 is 0 Å². The number of carbonyl (C=O) groups is 1. The van der Waals surface area contributed by atoms with E-state index in [1.165, 1.54) is 38.6 Å². The van der Waals surface area contributed by atoms with Crippen LogP contribution >= 0.6 is 11.6 Å². The Morgan fingerprint density at radius 2 is 1.70 bits per heavy atom. The molecular weight excluding hydrogens is 594 g/mol. The number of carbonyl (C=O) groups excluding carboxylic acids is 1. The second-order valence-corrected chi connectivity index (χ2v) is 11.3. The Hall–Kier alpha value is -4.29. The summed E-state index contributed by atoms with van der Waals surface area (Å²) in [5.41, 5.74) is 2.67. The van der Waals surface area contributed by atoms with Gasteiger partial charge < -0.3 is 20.0 Å². The van der Waals surface area contributed by atoms with Crippen molar-refractivity contribution in [3.05, 3.63) is 124 Å². The van der Waals surface area contributed by atoms with Crippen molar-refractivity contribution < 1.29 is 32.1 Å². The van der Waals surface area contributed by atoms with Crippen LogP contribution in [0.2, 0.25) is 5.02 Å². The van der Waals surface area contributed by atoms with E-state index in [1.807, 2.05) is 6.92 Å². The smallest absolute Gasteiger partial charge is 0.297 e. The Labute approximate surface area is 255 Å². The van der Waals surface area contributed by atoms with Crippen LogP contribution in [0.4, 0.5) is 0 Å². The van der Waals surface area contributed by atoms with Crippen LogP contribution in [0.1, 0.15) is 40.0 Å². The zero-order valence-corrected chi connectivity index (χ0v) is 25.2. The molecule has 4 aromatic rings. The molecule has 1 aromatic heterocycles. The van der Waals surface area contributed by atoms with E-state index in [1.54, 1.807) is 66.7 Å². The first-order valence-corrected chi connectivity index (χ1v) is 14.9. The zero-order chi connectivity index (χ0) is 31.0. The maximum absolute atomic E-state index is 13.2. The Morgan fingerprint density at radius 3 is 2.35 bits per heavy atom. The fourth-order valence-corrected chi connectivity index (χ4v) is 5.46. The van der Waals surface area contributed by atoms with Crippen molar-refractivity contribution in [2.24, 2.45) is 5.16 Å². The number of rotatable bonds is 12. The van der Waals surface area contributed by atoms with Crippen molar-refractivity contribution in [1.29, 1.82) is 0 Å². The van der Waals surface area contributed by atoms with Gasteiger partial charge in [0, 0.05) is 24.4 Å². The summed E-state index contributed by atoms with van der Waals surface area (Å²) in [5.74, 6) is -0.404. The van der Waals surface area contributed by atoms with Crippen molar-refractivity contribution in [3.63, 3.8) is 0 Å². The topological polar surface area (TPSA) is 136 Å². The van der Waals surface area contributed by atoms with Gasteiger partial charge in [-0.25, -0.2) is 4.98 Å². The highest BCUT2D eigenvalue weighted by Crippen LogP contribution is 2.37. The van der Waals surface area contributed by atoms with E-state index in [0.29, 0.717) is 16.7 Å². The van der Waals surface area contributed by atoms with Crippen LogP contribution in [-0.4, -0.2) is 44.3 Å². The fraction of sp³-hybridized carbons (Fsp3) is 0.194. The number of aryl methyl sites for hydroxylation is 1. The Kier molecular flexibility index (Phi) is 10.5. The van der Waals surface area contributed by atoms with Gasteiger partial charge in [0.25, 0.3) is 16.0 Å². The van der Waals surface area contributed by atoms with Crippen LogP contribution < -0.4 is 10.1 Å². The van der Waals surface area contributed by atoms with Crippen LogP contribution in [0.25, 0.3) is 0 Å². The van der Waals surface area contributed by atoms with E-state index >= 15 is 0 Å². The lowest BCUT2D eigenvalue weighted by atomic mass is 10.00. The third-order valence-electron chi connectivity index (χ3n) is 6.39. The highest BCUT2D eigenvalue weighted by molar-refractivity contribution is 7.86. The monoisotopic (exact) mass is 623 g/mol. The summed E-state index contributed by atoms with van der Waals surface area (Å²) in [4.78, 5) is 21.5. The quantitative estimate of drug-likeness (QED) is 0.129. The van der Waals surface area contributed by atoms with Crippen LogP contribution in [0.15, 0.2) is 101 Å². The Balaban J connectivity index is 1.63. The molecule has 2 unspecified atom stereocenters. The van der Waals surface area contributed by atoms with Crippen molar-refractivity contribution in [2.75, 3.05) is 14.2 Å². The van der Waals surface area contributed by atoms with Gasteiger partial charge in [-0.05, 0) is 36.2 Å². The number of amides is 1. The van der Waals surface area contributed by atoms with Gasteiger partial charge in [0.1, 0.15) is 30.9 Å². The second-order valence-electron chi connectivity index (χ2n) is 9.34. The molecule has 0 radical (unpaired) electrons. The minimum absolute atomic E-state index is 0.0314. The van der Waals surface area contributed by atoms with E-state index in [0.717, 1.165) is 5.56 Å². The van der Waals surface area contributed by atoms with Crippen LogP contribution in [0.3, 0.4) is 0 Å². The summed E-state index contributed by atoms with van der Waals surface area (Å²) in [6, 6.07) is 23.1. The molecule has 2 N–H and O–H groups in total. The lowest BCUT2D eigenvalue weighted by Crippen LogP contribution is -2.29. The first-order chi connectivity index (χ1) is 20.6. The number of benzene rings is 3. The minimum Gasteiger partial charge on any atom is -0.472 e. The molecule has 0 aliphatic carbocycles. The summed E-state index contributed by atoms with van der Waals surface area (Å²) < 4.78 is 37.9. The van der Waals surface area contributed by atoms with E-state index in [2.05, 4.69) is 15.5 Å². The maximum Gasteiger partial charge on any atom is 0.297 e. The maximum atomic E-state index is 13.2. The molecule has 0 spiro atoms. The highest BCUT2D eigenvalue weighted by atomic mass is 35.5. The normalized spacial score (nSPS) is 13.2. The van der Waals surface area contributed by atoms with Crippen LogP contribution in [-0.2, 0) is 30.5 Å². The summed E-state index contributed by atoms with van der Waals surface area (Å²) in [5, 5.41) is 17.7. The van der Waals surface area contributed by atoms with Crippen LogP contribution in [0.5, 0.6) is 5.88 Å². The molecule has 43 heavy (non-hydrogen) atoms. The molecule has 0 aliphatic heterocycles. The average Bonchev–Trinajstić information content (AvgIpc) is 3.02. The number of likely N-dealkylation sites (N-methyl/N-ethyl adjacent to an activating group) is 1. The third kappa shape index (κ3) is 7.76. The molecule has 0 bridgehead atoms. The summed E-state index contributed by atoms with van der Waals surface area (Å²) in [7, 11) is -1.47. The van der Waals surface area contributed by atoms with E-state index in [9.17, 15) is 18.3 Å². The predicted octanol–water partition coefficient (Wildman–Crippen LogP) is 4.90. The number of oxime groups is 1. The number of aromatic nitrogens is 1. The molecule has 1 amide bonds. The molecule has 224 valence electrons. The Bertz CT molecular complexity index is 1700. The predicted molar refractivity (Wildman–Crippen MR) is 161 cm³/mol. The zero-order valence-electron chi connectivity index (χ0n) is 23.6. The molecular formula is C31H30ClN3O7S. The van der Waals surface area contributed by atoms with Gasteiger partial charge in [0.2, 0.25) is 5.88 Å². The molecule has 0 fully saturated rings. The highest BCUT2D eigenvalue weighted by Gasteiger charge is 2.31. The number of pyridine rings is 1. The first-order valence-electron chi connectivity index (χ1n) is 13.1. The summed E-state index contributed by atoms with van der Waals surface area (Å²) in [6.45, 7) is 1.81. The minimum atomic E-state index is -4.29. The standard InChI is InChI=1S/C31H30ClN3O7S/c1-20-13-15-24(16-14-20)43(38,39)42-29(28(36)21-9-5-4-6-10-21)23-17-26(32)31(34-18-23)41-19-22-11-7-8-12-25(22)27(35-40-3)30(37)33-2/h4-18,28-29,36H,19H2,1-3H3,(H,33,37). The van der Waals surface area contributed by atoms with E-state index < -0.39 is 28.2 Å². The summed E-state index contributed by atoms with van der Waals surface area (Å²) >= 11 is 6.54. The number of nitrogens with one attached hydrogen (secondary N) is 1. The molecule has 10 nitrogen and oxygen atoms in total. The van der Waals surface area contributed by atoms with Gasteiger partial charge in [-0.3, -0.25) is 8.98 Å². The number of hydrogen-bond acceptors (Lipinski definition) is 9. The number of aliphatic hydroxyl groups is 1. The molecule has 3 aromatic carbocycles. The van der Waals surface area contributed by atoms with Crippen molar-refractivity contribution in [1.82, 2.24) is 10.3 Å². The first kappa shape index (κ1) is 31.6. The second kappa shape index (κ2) is 14.3. The van der Waals surface area contributed by atoms with Gasteiger partial charge in [0.05, 0.1) is 4.90 Å². The van der Waals surface area contributed by atoms with Gasteiger partial charge in [-0.15, -0.1) is 0 Å². The Morgan fingerprint density at radius 1 is 1.02 bits per heavy atom. The molecule has 0 saturated heterocycles. The van der Waals surface area contributed by atoms with Gasteiger partial charge in [-0.2, -0.15) is 8.42 Å². The number of aliphatic hydroxyl groups excluding tert-OH is 1. The third-order valence-corrected chi connectivity index (χ3v) is 7.97. The summed E-state index contributed by atoms with van der Waals surface area (Å²) in [6.07, 6.45) is -1.42. The number of ether oxygens (including phenoxy) is 1. The van der Waals surface area contributed by atoms with Crippen molar-refractivity contribution in [3.8, 4) is 5.88 Å². The molecule has 4 rings (SSSR count). The van der Waals surface area contributed by atoms with Crippen molar-refractivity contribution >= 4 is 33.3 Å². The number of nitrogens with zero attached hydrogens (tertiary/aromatic N) is 2. The van der Waals surface area contributed by atoms with E-state index in [-0.39, 0.29) is 33.7 Å². The van der Waals surface area contributed by atoms with Gasteiger partial charge in [-0.1, -0.05) is 89.1 Å². The van der Waals surface area contributed by atoms with Gasteiger partial charge in [0.15, 0.2) is 5.71 Å². The largest absolute Gasteiger partial charge is 0.472 e. The lowest BCUT2D eigenvalue weighted by Gasteiger charge is -2.24. The fourth-order valence-electron chi connectivity index (χ4n) is 4.16. The molecule has 1 heterocycles. The number of halogens is 1. The molecule has 0 aliphatic rings. The molecule has 12 heteroatoms. The number of hydrogen-bond donors (Lipinski definition) is 2. The lowest BCUT2D eigenvalue weighted by molar-refractivity contribution is -0.114.